The predicted molar refractivity (Wildman–Crippen MR) is 131 cm³/mol. The van der Waals surface area contributed by atoms with Crippen molar-refractivity contribution in [2.24, 2.45) is 34.5 Å². The van der Waals surface area contributed by atoms with Crippen molar-refractivity contribution in [2.75, 3.05) is 0 Å². The van der Waals surface area contributed by atoms with Gasteiger partial charge in [0.1, 0.15) is 17.5 Å². The lowest BCUT2D eigenvalue weighted by atomic mass is 9.40. The van der Waals surface area contributed by atoms with E-state index in [1.165, 1.54) is 18.6 Å². The molecule has 5 rings (SSSR count). The van der Waals surface area contributed by atoms with Crippen LogP contribution in [0.3, 0.4) is 0 Å². The second-order valence-electron chi connectivity index (χ2n) is 11.8. The largest absolute Gasteiger partial charge is 0.507 e. The molecular formula is C29H30O8. The minimum Gasteiger partial charge on any atom is -0.507 e. The molecule has 0 spiro atoms. The Morgan fingerprint density at radius 2 is 1.76 bits per heavy atom. The number of fused-ring (bicyclic) bond motifs is 3. The van der Waals surface area contributed by atoms with Gasteiger partial charge in [-0.1, -0.05) is 33.8 Å². The summed E-state index contributed by atoms with van der Waals surface area (Å²) in [7, 11) is 0. The van der Waals surface area contributed by atoms with E-state index in [4.69, 9.17) is 4.42 Å². The van der Waals surface area contributed by atoms with Crippen LogP contribution in [0, 0.1) is 34.5 Å². The van der Waals surface area contributed by atoms with Gasteiger partial charge in [-0.3, -0.25) is 24.0 Å². The fourth-order valence-corrected chi connectivity index (χ4v) is 7.82. The number of hydrogen-bond donors (Lipinski definition) is 2. The average Bonchev–Trinajstić information content (AvgIpc) is 3.30. The number of carbonyl (C=O) groups is 5. The standard InChI is InChI=1S/C29H30O8/c1-13(2)21-23(32)19(14(3)30)25(34)29(36)26(35)22-24(33)20-17(10-27(22,4)12-28(21,29)5)16(6-7-18(20)31)15-8-9-37-11-15/h6-9,11,13,19,21-22,31,36H,10,12H2,1-5H3/t19?,21?,22?,27-,28-,29+/m1/s1. The molecule has 0 saturated heterocycles. The van der Waals surface area contributed by atoms with Gasteiger partial charge >= 0.3 is 0 Å². The van der Waals surface area contributed by atoms with Gasteiger partial charge in [-0.05, 0) is 54.4 Å². The van der Waals surface area contributed by atoms with Crippen molar-refractivity contribution >= 4 is 28.9 Å². The monoisotopic (exact) mass is 506 g/mol. The second-order valence-corrected chi connectivity index (χ2v) is 11.8. The molecule has 37 heavy (non-hydrogen) atoms. The zero-order valence-electron chi connectivity index (χ0n) is 21.5. The van der Waals surface area contributed by atoms with Crippen molar-refractivity contribution in [1.82, 2.24) is 0 Å². The van der Waals surface area contributed by atoms with Crippen molar-refractivity contribution in [1.29, 1.82) is 0 Å². The van der Waals surface area contributed by atoms with E-state index >= 15 is 0 Å². The summed E-state index contributed by atoms with van der Waals surface area (Å²) in [5.41, 5.74) is -3.41. The molecule has 8 heteroatoms. The highest BCUT2D eigenvalue weighted by Gasteiger charge is 2.76. The van der Waals surface area contributed by atoms with Gasteiger partial charge in [0.05, 0.1) is 24.0 Å². The molecule has 1 aromatic heterocycles. The lowest BCUT2D eigenvalue weighted by Gasteiger charge is -2.61. The van der Waals surface area contributed by atoms with Crippen LogP contribution in [0.25, 0.3) is 11.1 Å². The molecule has 3 aliphatic carbocycles. The van der Waals surface area contributed by atoms with E-state index in [0.717, 1.165) is 6.92 Å². The van der Waals surface area contributed by atoms with E-state index in [9.17, 15) is 34.2 Å². The average molecular weight is 507 g/mol. The maximum atomic E-state index is 14.2. The normalized spacial score (nSPS) is 35.3. The molecule has 2 N–H and O–H groups in total. The number of hydrogen-bond acceptors (Lipinski definition) is 8. The van der Waals surface area contributed by atoms with Gasteiger partial charge < -0.3 is 14.6 Å². The lowest BCUT2D eigenvalue weighted by molar-refractivity contribution is -0.205. The highest BCUT2D eigenvalue weighted by molar-refractivity contribution is 6.32. The van der Waals surface area contributed by atoms with Gasteiger partial charge in [0.2, 0.25) is 0 Å². The van der Waals surface area contributed by atoms with E-state index in [1.807, 2.05) is 0 Å². The molecule has 2 fully saturated rings. The molecule has 0 bridgehead atoms. The summed E-state index contributed by atoms with van der Waals surface area (Å²) >= 11 is 0. The number of ketones is 5. The number of rotatable bonds is 3. The van der Waals surface area contributed by atoms with Gasteiger partial charge in [-0.2, -0.15) is 0 Å². The minimum absolute atomic E-state index is 0.0174. The van der Waals surface area contributed by atoms with Crippen molar-refractivity contribution in [2.45, 2.75) is 53.1 Å². The summed E-state index contributed by atoms with van der Waals surface area (Å²) in [6, 6.07) is 4.78. The van der Waals surface area contributed by atoms with Crippen molar-refractivity contribution in [3.63, 3.8) is 0 Å². The van der Waals surface area contributed by atoms with E-state index < -0.39 is 63.1 Å². The van der Waals surface area contributed by atoms with Crippen LogP contribution in [0.1, 0.15) is 57.0 Å². The molecule has 3 aliphatic rings. The quantitative estimate of drug-likeness (QED) is 0.604. The summed E-state index contributed by atoms with van der Waals surface area (Å²) < 4.78 is 5.22. The van der Waals surface area contributed by atoms with Crippen LogP contribution in [-0.4, -0.2) is 44.7 Å². The molecule has 194 valence electrons. The molecule has 0 aliphatic heterocycles. The summed E-state index contributed by atoms with van der Waals surface area (Å²) in [5.74, 6) is -8.98. The Kier molecular flexibility index (Phi) is 5.33. The van der Waals surface area contributed by atoms with Gasteiger partial charge in [-0.15, -0.1) is 0 Å². The highest BCUT2D eigenvalue weighted by Crippen LogP contribution is 2.64. The third-order valence-electron chi connectivity index (χ3n) is 9.10. The molecule has 6 atom stereocenters. The molecule has 0 amide bonds. The molecule has 3 unspecified atom stereocenters. The molecule has 2 saturated carbocycles. The molecule has 8 nitrogen and oxygen atoms in total. The van der Waals surface area contributed by atoms with Crippen LogP contribution >= 0.6 is 0 Å². The van der Waals surface area contributed by atoms with E-state index in [1.54, 1.807) is 39.8 Å². The van der Waals surface area contributed by atoms with Crippen LogP contribution in [0.5, 0.6) is 5.75 Å². The first kappa shape index (κ1) is 25.3. The minimum atomic E-state index is -2.69. The topological polar surface area (TPSA) is 139 Å². The number of phenols is 1. The van der Waals surface area contributed by atoms with E-state index in [2.05, 4.69) is 0 Å². The molecule has 2 aromatic rings. The lowest BCUT2D eigenvalue weighted by Crippen LogP contribution is -2.76. The number of furan rings is 1. The Morgan fingerprint density at radius 3 is 2.32 bits per heavy atom. The third kappa shape index (κ3) is 3.02. The van der Waals surface area contributed by atoms with Gasteiger partial charge in [0, 0.05) is 16.9 Å². The summed E-state index contributed by atoms with van der Waals surface area (Å²) in [6.07, 6.45) is 3.22. The van der Waals surface area contributed by atoms with Gasteiger partial charge in [0.15, 0.2) is 28.7 Å². The first-order chi connectivity index (χ1) is 17.2. The Bertz CT molecular complexity index is 1380. The third-order valence-corrected chi connectivity index (χ3v) is 9.10. The van der Waals surface area contributed by atoms with E-state index in [0.29, 0.717) is 16.7 Å². The smallest absolute Gasteiger partial charge is 0.190 e. The van der Waals surface area contributed by atoms with Crippen molar-refractivity contribution < 1.29 is 38.6 Å². The Morgan fingerprint density at radius 1 is 1.08 bits per heavy atom. The summed E-state index contributed by atoms with van der Waals surface area (Å²) in [4.78, 5) is 67.8. The number of aromatic hydroxyl groups is 1. The zero-order valence-corrected chi connectivity index (χ0v) is 21.5. The SMILES string of the molecule is CC(=O)C1C(=O)C(C(C)C)[C@@]2(C)C[C@@]3(C)Cc4c(-c5ccoc5)ccc(O)c4C(=O)C3C(=O)[C@@]2(O)C1=O. The first-order valence-electron chi connectivity index (χ1n) is 12.5. The number of benzene rings is 1. The Balaban J connectivity index is 1.75. The van der Waals surface area contributed by atoms with Crippen molar-refractivity contribution in [3.05, 3.63) is 41.9 Å². The molecule has 1 aromatic carbocycles. The van der Waals surface area contributed by atoms with Crippen LogP contribution in [0.4, 0.5) is 0 Å². The number of aliphatic hydroxyl groups is 1. The molecular weight excluding hydrogens is 476 g/mol. The number of Topliss-reactive ketones (excluding diaryl/α,β-unsaturated/α-hetero) is 5. The fraction of sp³-hybridized carbons (Fsp3) is 0.483. The van der Waals surface area contributed by atoms with E-state index in [-0.39, 0.29) is 30.1 Å². The van der Waals surface area contributed by atoms with Crippen LogP contribution in [-0.2, 0) is 25.6 Å². The van der Waals surface area contributed by atoms with Crippen LogP contribution in [0.15, 0.2) is 35.1 Å². The fourth-order valence-electron chi connectivity index (χ4n) is 7.82. The molecule has 0 radical (unpaired) electrons. The number of phenolic OH excluding ortho intramolecular Hbond substituents is 1. The zero-order chi connectivity index (χ0) is 27.2. The highest BCUT2D eigenvalue weighted by atomic mass is 16.3. The predicted octanol–water partition coefficient (Wildman–Crippen LogP) is 3.35. The summed E-state index contributed by atoms with van der Waals surface area (Å²) in [5, 5.41) is 22.7. The Hall–Kier alpha value is -3.39. The van der Waals surface area contributed by atoms with Crippen molar-refractivity contribution in [3.8, 4) is 16.9 Å². The summed E-state index contributed by atoms with van der Waals surface area (Å²) in [6.45, 7) is 7.93. The maximum Gasteiger partial charge on any atom is 0.190 e. The van der Waals surface area contributed by atoms with Crippen LogP contribution in [0.2, 0.25) is 0 Å². The van der Waals surface area contributed by atoms with Gasteiger partial charge in [-0.25, -0.2) is 0 Å². The molecule has 1 heterocycles. The Labute approximate surface area is 214 Å². The second kappa shape index (κ2) is 7.81. The first-order valence-corrected chi connectivity index (χ1v) is 12.5. The van der Waals surface area contributed by atoms with Gasteiger partial charge in [0.25, 0.3) is 0 Å². The maximum absolute atomic E-state index is 14.2. The van der Waals surface area contributed by atoms with Crippen LogP contribution < -0.4 is 0 Å². The number of carbonyl (C=O) groups excluding carboxylic acids is 5.